The Bertz CT molecular complexity index is 2840. The first kappa shape index (κ1) is 27.9. The molecule has 49 heavy (non-hydrogen) atoms. The zero-order chi connectivity index (χ0) is 32.3. The van der Waals surface area contributed by atoms with Gasteiger partial charge in [0.15, 0.2) is 0 Å². The van der Waals surface area contributed by atoms with E-state index in [0.717, 1.165) is 39.0 Å². The molecule has 0 amide bonds. The Morgan fingerprint density at radius 3 is 2.00 bits per heavy atom. The van der Waals surface area contributed by atoms with Gasteiger partial charge in [-0.3, -0.25) is 0 Å². The highest BCUT2D eigenvalue weighted by atomic mass is 32.1. The number of furan rings is 1. The molecule has 0 fully saturated rings. The maximum atomic E-state index is 6.41. The van der Waals surface area contributed by atoms with Crippen molar-refractivity contribution < 1.29 is 4.42 Å². The van der Waals surface area contributed by atoms with Crippen LogP contribution in [0, 0.1) is 0 Å². The van der Waals surface area contributed by atoms with Gasteiger partial charge in [-0.2, -0.15) is 0 Å². The second-order valence-corrected chi connectivity index (χ2v) is 13.5. The summed E-state index contributed by atoms with van der Waals surface area (Å²) in [6.07, 6.45) is 0. The summed E-state index contributed by atoms with van der Waals surface area (Å²) >= 11 is 1.87. The molecule has 0 radical (unpaired) electrons. The number of benzene rings is 8. The molecule has 0 unspecified atom stereocenters. The SMILES string of the molecule is c1ccc(N(c2ccc(-c3ccc4ccccc4c3)cc2)c2cccc3oc4ccccc4c23)c(-c2cccc3c2sc2ccccc23)c1. The Labute approximate surface area is 287 Å². The molecule has 2 aromatic heterocycles. The third kappa shape index (κ3) is 4.55. The predicted octanol–water partition coefficient (Wildman–Crippen LogP) is 13.9. The van der Waals surface area contributed by atoms with Crippen LogP contribution < -0.4 is 4.90 Å². The molecule has 0 aliphatic heterocycles. The van der Waals surface area contributed by atoms with Gasteiger partial charge in [-0.25, -0.2) is 0 Å². The van der Waals surface area contributed by atoms with Crippen molar-refractivity contribution in [2.24, 2.45) is 0 Å². The van der Waals surface area contributed by atoms with E-state index in [1.165, 1.54) is 53.2 Å². The van der Waals surface area contributed by atoms with Gasteiger partial charge in [-0.15, -0.1) is 11.3 Å². The first-order valence-corrected chi connectivity index (χ1v) is 17.4. The van der Waals surface area contributed by atoms with Gasteiger partial charge >= 0.3 is 0 Å². The van der Waals surface area contributed by atoms with E-state index in [4.69, 9.17) is 4.42 Å². The monoisotopic (exact) mass is 643 g/mol. The van der Waals surface area contributed by atoms with E-state index in [1.807, 2.05) is 17.4 Å². The van der Waals surface area contributed by atoms with Crippen molar-refractivity contribution in [1.82, 2.24) is 0 Å². The van der Waals surface area contributed by atoms with Crippen LogP contribution in [-0.4, -0.2) is 0 Å². The second kappa shape index (κ2) is 11.2. The molecule has 0 aliphatic rings. The normalized spacial score (nSPS) is 11.7. The molecule has 0 atom stereocenters. The molecule has 10 rings (SSSR count). The number of rotatable bonds is 5. The third-order valence-corrected chi connectivity index (χ3v) is 10.9. The fourth-order valence-electron chi connectivity index (χ4n) is 7.38. The molecule has 0 spiro atoms. The van der Waals surface area contributed by atoms with Gasteiger partial charge in [0.2, 0.25) is 0 Å². The molecule has 8 aromatic carbocycles. The zero-order valence-corrected chi connectivity index (χ0v) is 27.3. The largest absolute Gasteiger partial charge is 0.456 e. The van der Waals surface area contributed by atoms with E-state index in [0.29, 0.717) is 0 Å². The van der Waals surface area contributed by atoms with E-state index in [-0.39, 0.29) is 0 Å². The van der Waals surface area contributed by atoms with Crippen molar-refractivity contribution in [3.8, 4) is 22.3 Å². The summed E-state index contributed by atoms with van der Waals surface area (Å²) in [5, 5.41) is 7.30. The van der Waals surface area contributed by atoms with Crippen LogP contribution in [0.5, 0.6) is 0 Å². The smallest absolute Gasteiger partial charge is 0.137 e. The minimum absolute atomic E-state index is 0.876. The average Bonchev–Trinajstić information content (AvgIpc) is 3.74. The number of thiophene rings is 1. The highest BCUT2D eigenvalue weighted by Gasteiger charge is 2.23. The molecule has 0 saturated heterocycles. The van der Waals surface area contributed by atoms with Crippen LogP contribution in [0.2, 0.25) is 0 Å². The van der Waals surface area contributed by atoms with Gasteiger partial charge in [-0.05, 0) is 70.4 Å². The fraction of sp³-hybridized carbons (Fsp3) is 0. The lowest BCUT2D eigenvalue weighted by Crippen LogP contribution is -2.11. The molecule has 0 bridgehead atoms. The minimum Gasteiger partial charge on any atom is -0.456 e. The van der Waals surface area contributed by atoms with E-state index < -0.39 is 0 Å². The molecule has 2 nitrogen and oxygen atoms in total. The fourth-order valence-corrected chi connectivity index (χ4v) is 8.61. The molecule has 230 valence electrons. The number of para-hydroxylation sites is 2. The molecule has 3 heteroatoms. The number of fused-ring (bicyclic) bond motifs is 7. The summed E-state index contributed by atoms with van der Waals surface area (Å²) in [6.45, 7) is 0. The van der Waals surface area contributed by atoms with E-state index in [1.54, 1.807) is 0 Å². The molecule has 10 aromatic rings. The highest BCUT2D eigenvalue weighted by molar-refractivity contribution is 7.26. The lowest BCUT2D eigenvalue weighted by molar-refractivity contribution is 0.669. The Kier molecular flexibility index (Phi) is 6.39. The van der Waals surface area contributed by atoms with E-state index in [9.17, 15) is 0 Å². The third-order valence-electron chi connectivity index (χ3n) is 9.67. The minimum atomic E-state index is 0.876. The number of hydrogen-bond donors (Lipinski definition) is 0. The van der Waals surface area contributed by atoms with Crippen LogP contribution in [0.25, 0.3) is 75.1 Å². The second-order valence-electron chi connectivity index (χ2n) is 12.5. The number of nitrogens with zero attached hydrogens (tertiary/aromatic N) is 1. The van der Waals surface area contributed by atoms with E-state index in [2.05, 4.69) is 175 Å². The van der Waals surface area contributed by atoms with Crippen molar-refractivity contribution in [3.63, 3.8) is 0 Å². The van der Waals surface area contributed by atoms with Crippen molar-refractivity contribution in [2.45, 2.75) is 0 Å². The standard InChI is InChI=1S/C46H29NOS/c1-2-12-32-29-33(24-23-30(32)11-1)31-25-27-34(28-26-31)47(41-19-10-21-43-45(41)39-15-4-7-20-42(39)48-43)40-18-6-3-13-35(40)37-16-9-17-38-36-14-5-8-22-44(36)49-46(37)38/h1-29H. The number of anilines is 3. The summed E-state index contributed by atoms with van der Waals surface area (Å²) in [7, 11) is 0. The van der Waals surface area contributed by atoms with Crippen LogP contribution in [0.15, 0.2) is 180 Å². The summed E-state index contributed by atoms with van der Waals surface area (Å²) in [5.41, 5.74) is 9.85. The lowest BCUT2D eigenvalue weighted by atomic mass is 9.98. The number of hydrogen-bond acceptors (Lipinski definition) is 3. The summed E-state index contributed by atoms with van der Waals surface area (Å²) in [5.74, 6) is 0. The van der Waals surface area contributed by atoms with Crippen LogP contribution >= 0.6 is 11.3 Å². The summed E-state index contributed by atoms with van der Waals surface area (Å²) < 4.78 is 9.01. The van der Waals surface area contributed by atoms with Crippen LogP contribution in [0.1, 0.15) is 0 Å². The highest BCUT2D eigenvalue weighted by Crippen LogP contribution is 2.48. The maximum absolute atomic E-state index is 6.41. The molecular weight excluding hydrogens is 615 g/mol. The average molecular weight is 644 g/mol. The van der Waals surface area contributed by atoms with Gasteiger partial charge in [-0.1, -0.05) is 127 Å². The Hall–Kier alpha value is -6.16. The van der Waals surface area contributed by atoms with Gasteiger partial charge in [0, 0.05) is 42.4 Å². The van der Waals surface area contributed by atoms with Crippen LogP contribution in [0.4, 0.5) is 17.1 Å². The van der Waals surface area contributed by atoms with Crippen molar-refractivity contribution in [1.29, 1.82) is 0 Å². The van der Waals surface area contributed by atoms with Crippen LogP contribution in [-0.2, 0) is 0 Å². The maximum Gasteiger partial charge on any atom is 0.137 e. The molecular formula is C46H29NOS. The van der Waals surface area contributed by atoms with Crippen LogP contribution in [0.3, 0.4) is 0 Å². The molecule has 0 saturated carbocycles. The van der Waals surface area contributed by atoms with Gasteiger partial charge in [0.1, 0.15) is 11.2 Å². The topological polar surface area (TPSA) is 16.4 Å². The molecule has 2 heterocycles. The Morgan fingerprint density at radius 1 is 0.429 bits per heavy atom. The van der Waals surface area contributed by atoms with Crippen molar-refractivity contribution >= 4 is 81.3 Å². The van der Waals surface area contributed by atoms with Gasteiger partial charge in [0.25, 0.3) is 0 Å². The Morgan fingerprint density at radius 2 is 1.08 bits per heavy atom. The quantitative estimate of drug-likeness (QED) is 0.186. The summed E-state index contributed by atoms with van der Waals surface area (Å²) in [4.78, 5) is 2.41. The molecule has 0 aliphatic carbocycles. The lowest BCUT2D eigenvalue weighted by Gasteiger charge is -2.29. The molecule has 0 N–H and O–H groups in total. The zero-order valence-electron chi connectivity index (χ0n) is 26.5. The van der Waals surface area contributed by atoms with E-state index >= 15 is 0 Å². The summed E-state index contributed by atoms with van der Waals surface area (Å²) in [6, 6.07) is 63.2. The van der Waals surface area contributed by atoms with Gasteiger partial charge in [0.05, 0.1) is 16.8 Å². The predicted molar refractivity (Wildman–Crippen MR) is 210 cm³/mol. The first-order chi connectivity index (χ1) is 24.3. The Balaban J connectivity index is 1.21. The van der Waals surface area contributed by atoms with Gasteiger partial charge < -0.3 is 9.32 Å². The first-order valence-electron chi connectivity index (χ1n) is 16.6. The van der Waals surface area contributed by atoms with Crippen molar-refractivity contribution in [2.75, 3.05) is 4.90 Å². The van der Waals surface area contributed by atoms with Crippen molar-refractivity contribution in [3.05, 3.63) is 176 Å².